The molecule has 0 aromatic heterocycles. The van der Waals surface area contributed by atoms with Crippen LogP contribution in [-0.4, -0.2) is 0 Å². The lowest BCUT2D eigenvalue weighted by atomic mass is 9.78. The first-order valence-electron chi connectivity index (χ1n) is 5.83. The zero-order chi connectivity index (χ0) is 13.7. The van der Waals surface area contributed by atoms with Crippen molar-refractivity contribution in [1.29, 1.82) is 10.5 Å². The molecule has 0 unspecified atom stereocenters. The first-order valence-corrected chi connectivity index (χ1v) is 5.83. The molecule has 0 N–H and O–H groups in total. The Labute approximate surface area is 111 Å². The van der Waals surface area contributed by atoms with Crippen molar-refractivity contribution in [2.45, 2.75) is 11.8 Å². The van der Waals surface area contributed by atoms with Gasteiger partial charge in [0.1, 0.15) is 5.82 Å². The van der Waals surface area contributed by atoms with Gasteiger partial charge in [-0.1, -0.05) is 42.5 Å². The van der Waals surface area contributed by atoms with Crippen LogP contribution < -0.4 is 0 Å². The second-order valence-electron chi connectivity index (χ2n) is 4.30. The number of nitriles is 2. The normalized spacial score (nSPS) is 10.5. The Kier molecular flexibility index (Phi) is 3.59. The molecule has 0 heterocycles. The molecule has 2 aromatic rings. The van der Waals surface area contributed by atoms with E-state index in [4.69, 9.17) is 0 Å². The van der Waals surface area contributed by atoms with E-state index in [0.29, 0.717) is 5.56 Å². The number of halogens is 1. The summed E-state index contributed by atoms with van der Waals surface area (Å²) in [5, 5.41) is 18.8. The van der Waals surface area contributed by atoms with Gasteiger partial charge >= 0.3 is 0 Å². The number of nitrogens with zero attached hydrogens (tertiary/aromatic N) is 2. The SMILES string of the molecule is N#CC(C#N)(Cc1ccc(F)cc1)c1ccccc1. The van der Waals surface area contributed by atoms with Gasteiger partial charge in [-0.05, 0) is 23.3 Å². The zero-order valence-corrected chi connectivity index (χ0v) is 10.2. The van der Waals surface area contributed by atoms with E-state index in [9.17, 15) is 14.9 Å². The molecule has 2 aromatic carbocycles. The van der Waals surface area contributed by atoms with Crippen LogP contribution >= 0.6 is 0 Å². The third-order valence-electron chi connectivity index (χ3n) is 3.03. The van der Waals surface area contributed by atoms with Crippen LogP contribution in [0, 0.1) is 28.5 Å². The first kappa shape index (κ1) is 12.8. The van der Waals surface area contributed by atoms with Crippen molar-refractivity contribution < 1.29 is 4.39 Å². The van der Waals surface area contributed by atoms with Crippen LogP contribution in [0.4, 0.5) is 4.39 Å². The van der Waals surface area contributed by atoms with Gasteiger partial charge in [-0.25, -0.2) is 4.39 Å². The molecule has 0 bridgehead atoms. The highest BCUT2D eigenvalue weighted by atomic mass is 19.1. The fraction of sp³-hybridized carbons (Fsp3) is 0.125. The van der Waals surface area contributed by atoms with E-state index in [1.165, 1.54) is 12.1 Å². The molecule has 0 aliphatic heterocycles. The average Bonchev–Trinajstić information content (AvgIpc) is 2.48. The van der Waals surface area contributed by atoms with Gasteiger partial charge in [0.05, 0.1) is 12.1 Å². The maximum Gasteiger partial charge on any atom is 0.172 e. The Morgan fingerprint density at radius 1 is 0.895 bits per heavy atom. The molecule has 3 heteroatoms. The van der Waals surface area contributed by atoms with Gasteiger partial charge in [-0.15, -0.1) is 0 Å². The van der Waals surface area contributed by atoms with Gasteiger partial charge in [0.15, 0.2) is 5.41 Å². The van der Waals surface area contributed by atoms with Crippen molar-refractivity contribution in [2.24, 2.45) is 0 Å². The standard InChI is InChI=1S/C16H11FN2/c17-15-8-6-13(7-9-15)10-16(11-18,12-19)14-4-2-1-3-5-14/h1-9H,10H2. The molecule has 0 saturated heterocycles. The summed E-state index contributed by atoms with van der Waals surface area (Å²) < 4.78 is 12.9. The zero-order valence-electron chi connectivity index (χ0n) is 10.2. The van der Waals surface area contributed by atoms with E-state index < -0.39 is 5.41 Å². The molecule has 0 saturated carbocycles. The Morgan fingerprint density at radius 3 is 2.00 bits per heavy atom. The van der Waals surface area contributed by atoms with E-state index in [-0.39, 0.29) is 12.2 Å². The third kappa shape index (κ3) is 2.61. The first-order chi connectivity index (χ1) is 9.20. The molecular weight excluding hydrogens is 239 g/mol. The summed E-state index contributed by atoms with van der Waals surface area (Å²) in [6.45, 7) is 0. The fourth-order valence-corrected chi connectivity index (χ4v) is 1.97. The summed E-state index contributed by atoms with van der Waals surface area (Å²) in [6, 6.07) is 19.0. The minimum Gasteiger partial charge on any atom is -0.207 e. The Morgan fingerprint density at radius 2 is 1.47 bits per heavy atom. The highest BCUT2D eigenvalue weighted by Gasteiger charge is 2.32. The smallest absolute Gasteiger partial charge is 0.172 e. The van der Waals surface area contributed by atoms with Crippen molar-refractivity contribution in [2.75, 3.05) is 0 Å². The molecule has 0 amide bonds. The van der Waals surface area contributed by atoms with Crippen LogP contribution in [0.5, 0.6) is 0 Å². The van der Waals surface area contributed by atoms with Gasteiger partial charge in [-0.3, -0.25) is 0 Å². The largest absolute Gasteiger partial charge is 0.207 e. The van der Waals surface area contributed by atoms with Crippen LogP contribution in [0.2, 0.25) is 0 Å². The second kappa shape index (κ2) is 5.33. The van der Waals surface area contributed by atoms with E-state index in [1.54, 1.807) is 36.4 Å². The molecule has 0 atom stereocenters. The second-order valence-corrected chi connectivity index (χ2v) is 4.30. The van der Waals surface area contributed by atoms with E-state index >= 15 is 0 Å². The molecule has 0 aliphatic carbocycles. The Balaban J connectivity index is 2.40. The van der Waals surface area contributed by atoms with Crippen molar-refractivity contribution in [3.05, 3.63) is 71.5 Å². The summed E-state index contributed by atoms with van der Waals surface area (Å²) in [5.74, 6) is -0.331. The number of rotatable bonds is 3. The van der Waals surface area contributed by atoms with Crippen LogP contribution in [-0.2, 0) is 11.8 Å². The molecule has 2 rings (SSSR count). The summed E-state index contributed by atoms with van der Waals surface area (Å²) >= 11 is 0. The predicted octanol–water partition coefficient (Wildman–Crippen LogP) is 3.35. The summed E-state index contributed by atoms with van der Waals surface area (Å²) in [4.78, 5) is 0. The predicted molar refractivity (Wildman–Crippen MR) is 69.5 cm³/mol. The molecule has 92 valence electrons. The summed E-state index contributed by atoms with van der Waals surface area (Å²) in [5.41, 5.74) is 0.178. The third-order valence-corrected chi connectivity index (χ3v) is 3.03. The molecular formula is C16H11FN2. The Bertz CT molecular complexity index is 619. The van der Waals surface area contributed by atoms with Crippen LogP contribution in [0.15, 0.2) is 54.6 Å². The lowest BCUT2D eigenvalue weighted by molar-refractivity contribution is 0.625. The number of hydrogen-bond acceptors (Lipinski definition) is 2. The van der Waals surface area contributed by atoms with Crippen molar-refractivity contribution >= 4 is 0 Å². The summed E-state index contributed by atoms with van der Waals surface area (Å²) in [6.07, 6.45) is 0.240. The lowest BCUT2D eigenvalue weighted by Crippen LogP contribution is -2.25. The maximum atomic E-state index is 12.9. The monoisotopic (exact) mass is 250 g/mol. The van der Waals surface area contributed by atoms with Crippen molar-refractivity contribution in [1.82, 2.24) is 0 Å². The number of benzene rings is 2. The fourth-order valence-electron chi connectivity index (χ4n) is 1.97. The average molecular weight is 250 g/mol. The quantitative estimate of drug-likeness (QED) is 0.838. The van der Waals surface area contributed by atoms with E-state index in [2.05, 4.69) is 12.1 Å². The molecule has 0 aliphatic rings. The maximum absolute atomic E-state index is 12.9. The van der Waals surface area contributed by atoms with E-state index in [1.807, 2.05) is 6.07 Å². The topological polar surface area (TPSA) is 47.6 Å². The minimum atomic E-state index is -1.24. The van der Waals surface area contributed by atoms with E-state index in [0.717, 1.165) is 5.56 Å². The molecule has 0 radical (unpaired) electrons. The molecule has 2 nitrogen and oxygen atoms in total. The number of hydrogen-bond donors (Lipinski definition) is 0. The summed E-state index contributed by atoms with van der Waals surface area (Å²) in [7, 11) is 0. The van der Waals surface area contributed by atoms with Gasteiger partial charge in [0.2, 0.25) is 0 Å². The molecule has 0 fully saturated rings. The highest BCUT2D eigenvalue weighted by Crippen LogP contribution is 2.27. The van der Waals surface area contributed by atoms with Crippen LogP contribution in [0.3, 0.4) is 0 Å². The van der Waals surface area contributed by atoms with Crippen molar-refractivity contribution in [3.8, 4) is 12.1 Å². The van der Waals surface area contributed by atoms with Crippen LogP contribution in [0.25, 0.3) is 0 Å². The van der Waals surface area contributed by atoms with Crippen LogP contribution in [0.1, 0.15) is 11.1 Å². The highest BCUT2D eigenvalue weighted by molar-refractivity contribution is 5.42. The van der Waals surface area contributed by atoms with Crippen molar-refractivity contribution in [3.63, 3.8) is 0 Å². The molecule has 19 heavy (non-hydrogen) atoms. The van der Waals surface area contributed by atoms with Gasteiger partial charge < -0.3 is 0 Å². The van der Waals surface area contributed by atoms with Gasteiger partial charge in [0, 0.05) is 6.42 Å². The molecule has 0 spiro atoms. The van der Waals surface area contributed by atoms with Gasteiger partial charge in [-0.2, -0.15) is 10.5 Å². The Hall–Kier alpha value is -2.65. The van der Waals surface area contributed by atoms with Gasteiger partial charge in [0.25, 0.3) is 0 Å². The lowest BCUT2D eigenvalue weighted by Gasteiger charge is -2.19. The minimum absolute atomic E-state index is 0.240.